The Morgan fingerprint density at radius 3 is 2.38 bits per heavy atom. The quantitative estimate of drug-likeness (QED) is 0.358. The third kappa shape index (κ3) is 17.7. The van der Waals surface area contributed by atoms with E-state index in [1.807, 2.05) is 19.1 Å². The number of hydrogen-bond donors (Lipinski definition) is 3. The van der Waals surface area contributed by atoms with E-state index < -0.39 is 5.97 Å². The van der Waals surface area contributed by atoms with E-state index in [1.54, 1.807) is 0 Å². The van der Waals surface area contributed by atoms with Crippen LogP contribution >= 0.6 is 0 Å². The topological polar surface area (TPSA) is 77.8 Å². The highest BCUT2D eigenvalue weighted by molar-refractivity contribution is 5.66. The molecule has 26 heavy (non-hydrogen) atoms. The zero-order valence-electron chi connectivity index (χ0n) is 17.4. The minimum Gasteiger partial charge on any atom is -0.481 e. The second kappa shape index (κ2) is 20.2. The average Bonchev–Trinajstić information content (AvgIpc) is 3.04. The van der Waals surface area contributed by atoms with Crippen LogP contribution in [0.4, 0.5) is 0 Å². The van der Waals surface area contributed by atoms with Gasteiger partial charge >= 0.3 is 5.97 Å². The van der Waals surface area contributed by atoms with Gasteiger partial charge in [-0.25, -0.2) is 0 Å². The summed E-state index contributed by atoms with van der Waals surface area (Å²) in [5.74, 6) is 0.419. The van der Waals surface area contributed by atoms with Crippen LogP contribution in [0.1, 0.15) is 85.0 Å². The Bertz CT molecular complexity index is 363. The lowest BCUT2D eigenvalue weighted by Gasteiger charge is -2.10. The smallest absolute Gasteiger partial charge is 0.303 e. The molecule has 3 atom stereocenters. The van der Waals surface area contributed by atoms with Gasteiger partial charge in [0.2, 0.25) is 0 Å². The molecular weight excluding hydrogens is 328 g/mol. The van der Waals surface area contributed by atoms with Gasteiger partial charge in [-0.1, -0.05) is 63.8 Å². The Morgan fingerprint density at radius 1 is 1.19 bits per heavy atom. The van der Waals surface area contributed by atoms with Crippen molar-refractivity contribution in [1.82, 2.24) is 0 Å². The molecule has 0 aromatic rings. The number of aliphatic hydroxyl groups excluding tert-OH is 2. The predicted octanol–water partition coefficient (Wildman–Crippen LogP) is 5.35. The fourth-order valence-electron chi connectivity index (χ4n) is 2.88. The summed E-state index contributed by atoms with van der Waals surface area (Å²) >= 11 is 0. The first kappa shape index (κ1) is 27.1. The van der Waals surface area contributed by atoms with Crippen LogP contribution in [0.25, 0.3) is 0 Å². The number of unbranched alkanes of at least 4 members (excludes halogenated alkanes) is 3. The standard InChI is InChI=1S/C14H26O.C7H12O2.CH4O/c1-3-4-5-7-12(2)10-11-13-8-6-9-14(13)15;1-2-3-4-5-6-7(8)9;1-2/h10-15H,3-9H2,1-2H3;2-3H,4-6H2,1H3,(H,8,9);2H,1H3/b11-10+;3-2-;/t12-,13?,14+;;/m0../s1. The molecule has 0 aliphatic heterocycles. The molecule has 1 rings (SSSR count). The first-order chi connectivity index (χ1) is 12.5. The average molecular weight is 371 g/mol. The molecule has 4 nitrogen and oxygen atoms in total. The minimum atomic E-state index is -0.709. The summed E-state index contributed by atoms with van der Waals surface area (Å²) in [6.07, 6.45) is 19.0. The lowest BCUT2D eigenvalue weighted by molar-refractivity contribution is -0.137. The van der Waals surface area contributed by atoms with Gasteiger partial charge in [0.05, 0.1) is 6.10 Å². The number of aliphatic hydroxyl groups is 2. The third-order valence-electron chi connectivity index (χ3n) is 4.48. The molecule has 0 heterocycles. The number of rotatable bonds is 10. The summed E-state index contributed by atoms with van der Waals surface area (Å²) in [6.45, 7) is 6.46. The summed E-state index contributed by atoms with van der Waals surface area (Å²) in [5, 5.41) is 24.9. The summed E-state index contributed by atoms with van der Waals surface area (Å²) in [7, 11) is 1.00. The van der Waals surface area contributed by atoms with Crippen molar-refractivity contribution in [2.45, 2.75) is 91.1 Å². The summed E-state index contributed by atoms with van der Waals surface area (Å²) < 4.78 is 0. The maximum atomic E-state index is 9.94. The van der Waals surface area contributed by atoms with Gasteiger partial charge in [-0.3, -0.25) is 4.79 Å². The fourth-order valence-corrected chi connectivity index (χ4v) is 2.88. The van der Waals surface area contributed by atoms with Crippen molar-refractivity contribution in [3.63, 3.8) is 0 Å². The van der Waals surface area contributed by atoms with E-state index in [-0.39, 0.29) is 12.5 Å². The number of carboxylic acid groups (broad SMARTS) is 1. The highest BCUT2D eigenvalue weighted by Gasteiger charge is 2.22. The van der Waals surface area contributed by atoms with Gasteiger partial charge in [0.15, 0.2) is 0 Å². The first-order valence-electron chi connectivity index (χ1n) is 10.1. The second-order valence-electron chi connectivity index (χ2n) is 6.88. The highest BCUT2D eigenvalue weighted by Crippen LogP contribution is 2.27. The SMILES string of the molecule is C/C=C\CCCC(=O)O.CCCCC[C@H](C)/C=C/C1CCC[C@H]1O.CO. The molecule has 0 amide bonds. The monoisotopic (exact) mass is 370 g/mol. The van der Waals surface area contributed by atoms with Gasteiger partial charge < -0.3 is 15.3 Å². The third-order valence-corrected chi connectivity index (χ3v) is 4.48. The molecule has 0 aromatic heterocycles. The zero-order chi connectivity index (χ0) is 20.2. The van der Waals surface area contributed by atoms with E-state index in [0.29, 0.717) is 11.8 Å². The molecule has 1 saturated carbocycles. The molecular formula is C22H42O4. The van der Waals surface area contributed by atoms with Crippen molar-refractivity contribution >= 4 is 5.97 Å². The van der Waals surface area contributed by atoms with Gasteiger partial charge in [0, 0.05) is 19.4 Å². The van der Waals surface area contributed by atoms with Crippen molar-refractivity contribution in [3.05, 3.63) is 24.3 Å². The predicted molar refractivity (Wildman–Crippen MR) is 110 cm³/mol. The number of aliphatic carboxylic acids is 1. The number of allylic oxidation sites excluding steroid dienone is 3. The molecule has 1 aliphatic carbocycles. The molecule has 0 radical (unpaired) electrons. The summed E-state index contributed by atoms with van der Waals surface area (Å²) in [5.41, 5.74) is 0. The van der Waals surface area contributed by atoms with Crippen molar-refractivity contribution in [3.8, 4) is 0 Å². The minimum absolute atomic E-state index is 0.0657. The largest absolute Gasteiger partial charge is 0.481 e. The number of carbonyl (C=O) groups is 1. The van der Waals surface area contributed by atoms with E-state index in [4.69, 9.17) is 10.2 Å². The molecule has 0 bridgehead atoms. The van der Waals surface area contributed by atoms with E-state index in [9.17, 15) is 9.90 Å². The molecule has 0 spiro atoms. The molecule has 0 aromatic carbocycles. The number of carboxylic acids is 1. The van der Waals surface area contributed by atoms with Crippen molar-refractivity contribution < 1.29 is 20.1 Å². The van der Waals surface area contributed by atoms with Crippen LogP contribution in [0.3, 0.4) is 0 Å². The van der Waals surface area contributed by atoms with Crippen LogP contribution in [0, 0.1) is 11.8 Å². The first-order valence-corrected chi connectivity index (χ1v) is 10.1. The molecule has 1 unspecified atom stereocenters. The molecule has 1 fully saturated rings. The van der Waals surface area contributed by atoms with Crippen molar-refractivity contribution in [2.24, 2.45) is 11.8 Å². The molecule has 1 aliphatic rings. The van der Waals surface area contributed by atoms with Gasteiger partial charge in [0.25, 0.3) is 0 Å². The molecule has 4 heteroatoms. The zero-order valence-corrected chi connectivity index (χ0v) is 17.4. The molecule has 0 saturated heterocycles. The maximum absolute atomic E-state index is 9.94. The Kier molecular flexibility index (Phi) is 21.0. The van der Waals surface area contributed by atoms with Crippen molar-refractivity contribution in [1.29, 1.82) is 0 Å². The van der Waals surface area contributed by atoms with Crippen LogP contribution in [0.5, 0.6) is 0 Å². The van der Waals surface area contributed by atoms with Gasteiger partial charge in [-0.05, 0) is 44.9 Å². The molecule has 154 valence electrons. The van der Waals surface area contributed by atoms with E-state index in [0.717, 1.165) is 26.4 Å². The van der Waals surface area contributed by atoms with E-state index in [2.05, 4.69) is 26.0 Å². The Morgan fingerprint density at radius 2 is 1.88 bits per heavy atom. The van der Waals surface area contributed by atoms with Crippen LogP contribution in [-0.2, 0) is 4.79 Å². The van der Waals surface area contributed by atoms with Crippen LogP contribution in [0.15, 0.2) is 24.3 Å². The highest BCUT2D eigenvalue weighted by atomic mass is 16.4. The van der Waals surface area contributed by atoms with Crippen LogP contribution < -0.4 is 0 Å². The van der Waals surface area contributed by atoms with Crippen molar-refractivity contribution in [2.75, 3.05) is 7.11 Å². The Hall–Kier alpha value is -1.13. The summed E-state index contributed by atoms with van der Waals surface area (Å²) in [6, 6.07) is 0. The number of hydrogen-bond acceptors (Lipinski definition) is 3. The molecule has 3 N–H and O–H groups in total. The van der Waals surface area contributed by atoms with Gasteiger partial charge in [-0.15, -0.1) is 0 Å². The van der Waals surface area contributed by atoms with Gasteiger partial charge in [-0.2, -0.15) is 0 Å². The maximum Gasteiger partial charge on any atom is 0.303 e. The normalized spacial score (nSPS) is 20.4. The lowest BCUT2D eigenvalue weighted by Crippen LogP contribution is -2.10. The Labute approximate surface area is 161 Å². The van der Waals surface area contributed by atoms with E-state index >= 15 is 0 Å². The van der Waals surface area contributed by atoms with E-state index in [1.165, 1.54) is 38.5 Å². The van der Waals surface area contributed by atoms with Crippen LogP contribution in [-0.4, -0.2) is 34.5 Å². The fraction of sp³-hybridized carbons (Fsp3) is 0.773. The lowest BCUT2D eigenvalue weighted by atomic mass is 9.99. The van der Waals surface area contributed by atoms with Crippen LogP contribution in [0.2, 0.25) is 0 Å². The Balaban J connectivity index is 0. The second-order valence-corrected chi connectivity index (χ2v) is 6.88. The van der Waals surface area contributed by atoms with Gasteiger partial charge in [0.1, 0.15) is 0 Å². The summed E-state index contributed by atoms with van der Waals surface area (Å²) in [4.78, 5) is 9.94.